The highest BCUT2D eigenvalue weighted by Crippen LogP contribution is 2.13. The minimum Gasteiger partial charge on any atom is -0.314 e. The molecule has 0 aromatic rings. The van der Waals surface area contributed by atoms with Gasteiger partial charge in [0.1, 0.15) is 0 Å². The molecule has 0 spiro atoms. The van der Waals surface area contributed by atoms with E-state index in [9.17, 15) is 8.42 Å². The van der Waals surface area contributed by atoms with Crippen molar-refractivity contribution < 1.29 is 8.42 Å². The van der Waals surface area contributed by atoms with Crippen molar-refractivity contribution in [2.24, 2.45) is 0 Å². The van der Waals surface area contributed by atoms with Crippen molar-refractivity contribution in [2.75, 3.05) is 25.4 Å². The van der Waals surface area contributed by atoms with Crippen LogP contribution in [0.2, 0.25) is 0 Å². The molecular formula is C12H26N2O2S. The van der Waals surface area contributed by atoms with Gasteiger partial charge in [0.25, 0.3) is 0 Å². The highest BCUT2D eigenvalue weighted by atomic mass is 32.2. The highest BCUT2D eigenvalue weighted by Gasteiger charge is 2.22. The highest BCUT2D eigenvalue weighted by molar-refractivity contribution is 7.89. The number of rotatable bonds is 7. The van der Waals surface area contributed by atoms with Gasteiger partial charge in [0.05, 0.1) is 5.75 Å². The number of hydrogen-bond acceptors (Lipinski definition) is 3. The molecule has 1 atom stereocenters. The molecule has 1 fully saturated rings. The molecule has 1 N–H and O–H groups in total. The summed E-state index contributed by atoms with van der Waals surface area (Å²) < 4.78 is 25.8. The fourth-order valence-corrected chi connectivity index (χ4v) is 4.03. The van der Waals surface area contributed by atoms with Gasteiger partial charge in [-0.25, -0.2) is 12.7 Å². The van der Waals surface area contributed by atoms with Crippen LogP contribution in [0.25, 0.3) is 0 Å². The maximum atomic E-state index is 12.1. The van der Waals surface area contributed by atoms with Gasteiger partial charge >= 0.3 is 0 Å². The zero-order valence-electron chi connectivity index (χ0n) is 11.1. The Morgan fingerprint density at radius 2 is 2.06 bits per heavy atom. The lowest BCUT2D eigenvalue weighted by Crippen LogP contribution is -2.39. The Balaban J connectivity index is 2.41. The first-order valence-corrected chi connectivity index (χ1v) is 8.42. The molecule has 0 bridgehead atoms. The fraction of sp³-hybridized carbons (Fsp3) is 1.00. The molecule has 0 aromatic heterocycles. The lowest BCUT2D eigenvalue weighted by atomic mass is 10.0. The van der Waals surface area contributed by atoms with Gasteiger partial charge < -0.3 is 5.32 Å². The standard InChI is InChI=1S/C12H26N2O2S/c1-3-10-14(4-2)17(15,16)11-8-12-7-5-6-9-13-12/h12-13H,3-11H2,1-2H3. The predicted molar refractivity (Wildman–Crippen MR) is 71.6 cm³/mol. The maximum Gasteiger partial charge on any atom is 0.214 e. The third-order valence-electron chi connectivity index (χ3n) is 3.36. The van der Waals surface area contributed by atoms with Crippen molar-refractivity contribution in [2.45, 2.75) is 52.0 Å². The summed E-state index contributed by atoms with van der Waals surface area (Å²) in [6, 6.07) is 0.402. The Morgan fingerprint density at radius 1 is 1.29 bits per heavy atom. The van der Waals surface area contributed by atoms with Crippen LogP contribution in [-0.4, -0.2) is 44.2 Å². The molecule has 0 amide bonds. The van der Waals surface area contributed by atoms with Crippen molar-refractivity contribution in [3.8, 4) is 0 Å². The molecule has 0 aliphatic carbocycles. The Kier molecular flexibility index (Phi) is 6.44. The first kappa shape index (κ1) is 14.9. The molecule has 17 heavy (non-hydrogen) atoms. The van der Waals surface area contributed by atoms with E-state index in [1.165, 1.54) is 12.8 Å². The van der Waals surface area contributed by atoms with Gasteiger partial charge in [0.2, 0.25) is 10.0 Å². The Labute approximate surface area is 106 Å². The molecule has 0 aromatic carbocycles. The molecule has 102 valence electrons. The third kappa shape index (κ3) is 4.94. The summed E-state index contributed by atoms with van der Waals surface area (Å²) in [5.41, 5.74) is 0. The van der Waals surface area contributed by atoms with Gasteiger partial charge in [-0.2, -0.15) is 0 Å². The van der Waals surface area contributed by atoms with Crippen LogP contribution in [0.15, 0.2) is 0 Å². The zero-order valence-corrected chi connectivity index (χ0v) is 11.9. The molecule has 1 aliphatic heterocycles. The summed E-state index contributed by atoms with van der Waals surface area (Å²) in [4.78, 5) is 0. The average Bonchev–Trinajstić information content (AvgIpc) is 2.34. The number of hydrogen-bond donors (Lipinski definition) is 1. The van der Waals surface area contributed by atoms with Gasteiger partial charge in [-0.05, 0) is 32.2 Å². The van der Waals surface area contributed by atoms with Gasteiger partial charge in [-0.3, -0.25) is 0 Å². The molecule has 1 rings (SSSR count). The summed E-state index contributed by atoms with van der Waals surface area (Å²) in [7, 11) is -3.04. The largest absolute Gasteiger partial charge is 0.314 e. The monoisotopic (exact) mass is 262 g/mol. The first-order chi connectivity index (χ1) is 8.10. The van der Waals surface area contributed by atoms with E-state index in [0.29, 0.717) is 24.9 Å². The third-order valence-corrected chi connectivity index (χ3v) is 5.33. The van der Waals surface area contributed by atoms with Crippen LogP contribution in [0, 0.1) is 0 Å². The number of nitrogens with one attached hydrogen (secondary N) is 1. The molecule has 1 saturated heterocycles. The summed E-state index contributed by atoms with van der Waals surface area (Å²) in [6.07, 6.45) is 5.21. The molecule has 1 heterocycles. The second kappa shape index (κ2) is 7.34. The lowest BCUT2D eigenvalue weighted by Gasteiger charge is -2.25. The number of sulfonamides is 1. The molecule has 0 radical (unpaired) electrons. The smallest absolute Gasteiger partial charge is 0.214 e. The molecule has 0 saturated carbocycles. The van der Waals surface area contributed by atoms with Crippen LogP contribution in [-0.2, 0) is 10.0 Å². The van der Waals surface area contributed by atoms with E-state index in [2.05, 4.69) is 5.32 Å². The maximum absolute atomic E-state index is 12.1. The Morgan fingerprint density at radius 3 is 2.59 bits per heavy atom. The molecule has 1 unspecified atom stereocenters. The molecule has 5 heteroatoms. The van der Waals surface area contributed by atoms with Gasteiger partial charge in [0.15, 0.2) is 0 Å². The van der Waals surface area contributed by atoms with E-state index in [4.69, 9.17) is 0 Å². The topological polar surface area (TPSA) is 49.4 Å². The van der Waals surface area contributed by atoms with Gasteiger partial charge in [-0.15, -0.1) is 0 Å². The van der Waals surface area contributed by atoms with Crippen LogP contribution in [0.3, 0.4) is 0 Å². The minimum absolute atomic E-state index is 0.290. The fourth-order valence-electron chi connectivity index (χ4n) is 2.33. The van der Waals surface area contributed by atoms with E-state index >= 15 is 0 Å². The van der Waals surface area contributed by atoms with Crippen molar-refractivity contribution in [1.82, 2.24) is 9.62 Å². The van der Waals surface area contributed by atoms with Crippen LogP contribution in [0.1, 0.15) is 46.0 Å². The van der Waals surface area contributed by atoms with E-state index in [0.717, 1.165) is 25.8 Å². The summed E-state index contributed by atoms with van der Waals surface area (Å²) in [5.74, 6) is 0.290. The van der Waals surface area contributed by atoms with Crippen LogP contribution in [0.4, 0.5) is 0 Å². The number of piperidine rings is 1. The second-order valence-electron chi connectivity index (χ2n) is 4.74. The van der Waals surface area contributed by atoms with Crippen LogP contribution < -0.4 is 5.32 Å². The van der Waals surface area contributed by atoms with E-state index in [-0.39, 0.29) is 0 Å². The van der Waals surface area contributed by atoms with E-state index in [1.54, 1.807) is 4.31 Å². The van der Waals surface area contributed by atoms with E-state index in [1.807, 2.05) is 13.8 Å². The molecular weight excluding hydrogens is 236 g/mol. The average molecular weight is 262 g/mol. The zero-order chi connectivity index (χ0) is 12.7. The van der Waals surface area contributed by atoms with Crippen molar-refractivity contribution in [1.29, 1.82) is 0 Å². The second-order valence-corrected chi connectivity index (χ2v) is 6.83. The van der Waals surface area contributed by atoms with Crippen LogP contribution >= 0.6 is 0 Å². The Hall–Kier alpha value is -0.130. The normalized spacial score (nSPS) is 21.9. The van der Waals surface area contributed by atoms with Gasteiger partial charge in [0, 0.05) is 19.1 Å². The molecule has 1 aliphatic rings. The first-order valence-electron chi connectivity index (χ1n) is 6.81. The quantitative estimate of drug-likeness (QED) is 0.758. The number of nitrogens with zero attached hydrogens (tertiary/aromatic N) is 1. The SMILES string of the molecule is CCCN(CC)S(=O)(=O)CCC1CCCCN1. The van der Waals surface area contributed by atoms with Crippen molar-refractivity contribution in [3.05, 3.63) is 0 Å². The summed E-state index contributed by atoms with van der Waals surface area (Å²) in [5, 5.41) is 3.40. The van der Waals surface area contributed by atoms with Crippen molar-refractivity contribution >= 4 is 10.0 Å². The Bertz CT molecular complexity index is 298. The van der Waals surface area contributed by atoms with Crippen LogP contribution in [0.5, 0.6) is 0 Å². The van der Waals surface area contributed by atoms with Gasteiger partial charge in [-0.1, -0.05) is 20.3 Å². The predicted octanol–water partition coefficient (Wildman–Crippen LogP) is 1.58. The molecule has 4 nitrogen and oxygen atoms in total. The van der Waals surface area contributed by atoms with Crippen molar-refractivity contribution in [3.63, 3.8) is 0 Å². The van der Waals surface area contributed by atoms with E-state index < -0.39 is 10.0 Å². The minimum atomic E-state index is -3.04. The lowest BCUT2D eigenvalue weighted by molar-refractivity contribution is 0.384. The summed E-state index contributed by atoms with van der Waals surface area (Å²) in [6.45, 7) is 6.20. The summed E-state index contributed by atoms with van der Waals surface area (Å²) >= 11 is 0.